The van der Waals surface area contributed by atoms with Gasteiger partial charge in [0.1, 0.15) is 11.9 Å². The molecule has 0 aromatic heterocycles. The average molecular weight is 384 g/mol. The van der Waals surface area contributed by atoms with Crippen molar-refractivity contribution in [2.24, 2.45) is 0 Å². The van der Waals surface area contributed by atoms with Crippen molar-refractivity contribution in [2.75, 3.05) is 38.1 Å². The highest BCUT2D eigenvalue weighted by Crippen LogP contribution is 2.21. The van der Waals surface area contributed by atoms with Crippen LogP contribution in [0, 0.1) is 5.82 Å². The molecular weight excluding hydrogens is 361 g/mol. The Morgan fingerprint density at radius 2 is 2.04 bits per heavy atom. The van der Waals surface area contributed by atoms with Crippen LogP contribution < -0.4 is 5.32 Å². The lowest BCUT2D eigenvalue weighted by Gasteiger charge is -2.38. The number of halogens is 2. The molecule has 0 saturated carbocycles. The Morgan fingerprint density at radius 3 is 2.69 bits per heavy atom. The van der Waals surface area contributed by atoms with E-state index in [1.54, 1.807) is 11.8 Å². The quantitative estimate of drug-likeness (QED) is 0.865. The number of ether oxygens (including phenoxy) is 1. The fourth-order valence-corrected chi connectivity index (χ4v) is 3.47. The molecule has 0 spiro atoms. The molecule has 2 aliphatic rings. The van der Waals surface area contributed by atoms with E-state index in [0.29, 0.717) is 37.8 Å². The summed E-state index contributed by atoms with van der Waals surface area (Å²) in [7, 11) is 0. The molecule has 2 atom stereocenters. The molecule has 0 bridgehead atoms. The van der Waals surface area contributed by atoms with Crippen LogP contribution in [0.4, 0.5) is 10.1 Å². The molecule has 0 aliphatic carbocycles. The van der Waals surface area contributed by atoms with Gasteiger partial charge in [-0.3, -0.25) is 14.5 Å². The van der Waals surface area contributed by atoms with Gasteiger partial charge in [-0.15, -0.1) is 0 Å². The topological polar surface area (TPSA) is 61.9 Å². The van der Waals surface area contributed by atoms with Crippen LogP contribution in [-0.4, -0.2) is 66.5 Å². The van der Waals surface area contributed by atoms with Gasteiger partial charge in [-0.2, -0.15) is 0 Å². The van der Waals surface area contributed by atoms with E-state index < -0.39 is 11.9 Å². The molecule has 8 heteroatoms. The number of hydrogen-bond donors (Lipinski definition) is 1. The van der Waals surface area contributed by atoms with Crippen molar-refractivity contribution < 1.29 is 18.7 Å². The van der Waals surface area contributed by atoms with Gasteiger partial charge >= 0.3 is 0 Å². The van der Waals surface area contributed by atoms with Crippen molar-refractivity contribution in [2.45, 2.75) is 31.9 Å². The second-order valence-electron chi connectivity index (χ2n) is 6.65. The van der Waals surface area contributed by atoms with E-state index in [0.717, 1.165) is 12.8 Å². The summed E-state index contributed by atoms with van der Waals surface area (Å²) in [6.45, 7) is 4.71. The Morgan fingerprint density at radius 1 is 1.31 bits per heavy atom. The molecule has 3 rings (SSSR count). The second kappa shape index (κ2) is 8.33. The molecule has 2 saturated heterocycles. The van der Waals surface area contributed by atoms with Crippen molar-refractivity contribution in [3.63, 3.8) is 0 Å². The number of nitrogens with zero attached hydrogens (tertiary/aromatic N) is 2. The summed E-state index contributed by atoms with van der Waals surface area (Å²) in [4.78, 5) is 28.6. The smallest absolute Gasteiger partial charge is 0.251 e. The van der Waals surface area contributed by atoms with Crippen LogP contribution in [0.5, 0.6) is 0 Å². The Kier molecular flexibility index (Phi) is 6.11. The van der Waals surface area contributed by atoms with Gasteiger partial charge in [-0.1, -0.05) is 11.6 Å². The lowest BCUT2D eigenvalue weighted by Crippen LogP contribution is -2.55. The molecular formula is C18H23ClFN3O3. The monoisotopic (exact) mass is 383 g/mol. The number of anilines is 1. The molecule has 2 fully saturated rings. The van der Waals surface area contributed by atoms with E-state index in [1.807, 2.05) is 4.90 Å². The zero-order chi connectivity index (χ0) is 18.7. The Bertz CT molecular complexity index is 674. The van der Waals surface area contributed by atoms with Gasteiger partial charge in [-0.05, 0) is 38.0 Å². The van der Waals surface area contributed by atoms with Gasteiger partial charge < -0.3 is 15.0 Å². The number of nitrogens with one attached hydrogen (secondary N) is 1. The fraction of sp³-hybridized carbons (Fsp3) is 0.556. The van der Waals surface area contributed by atoms with E-state index in [4.69, 9.17) is 16.3 Å². The zero-order valence-corrected chi connectivity index (χ0v) is 15.5. The Hall–Kier alpha value is -1.70. The molecule has 26 heavy (non-hydrogen) atoms. The van der Waals surface area contributed by atoms with Gasteiger partial charge in [-0.25, -0.2) is 4.39 Å². The first kappa shape index (κ1) is 19.1. The maximum Gasteiger partial charge on any atom is 0.251 e. The van der Waals surface area contributed by atoms with Crippen molar-refractivity contribution in [3.05, 3.63) is 29.0 Å². The van der Waals surface area contributed by atoms with Crippen LogP contribution in [0.25, 0.3) is 0 Å². The normalized spacial score (nSPS) is 22.3. The minimum atomic E-state index is -0.526. The van der Waals surface area contributed by atoms with Gasteiger partial charge in [0, 0.05) is 37.8 Å². The third-order valence-electron chi connectivity index (χ3n) is 4.94. The molecule has 1 aromatic carbocycles. The number of carbonyl (C=O) groups is 2. The molecule has 2 heterocycles. The van der Waals surface area contributed by atoms with Gasteiger partial charge in [0.25, 0.3) is 5.91 Å². The highest BCUT2D eigenvalue weighted by molar-refractivity contribution is 6.30. The number of carbonyl (C=O) groups excluding carboxylic acids is 2. The predicted octanol–water partition coefficient (Wildman–Crippen LogP) is 2.13. The number of hydrogen-bond acceptors (Lipinski definition) is 4. The third kappa shape index (κ3) is 4.34. The second-order valence-corrected chi connectivity index (χ2v) is 7.09. The number of amides is 2. The zero-order valence-electron chi connectivity index (χ0n) is 14.7. The van der Waals surface area contributed by atoms with E-state index in [9.17, 15) is 14.0 Å². The van der Waals surface area contributed by atoms with E-state index in [1.165, 1.54) is 18.2 Å². The summed E-state index contributed by atoms with van der Waals surface area (Å²) in [5, 5.41) is 2.94. The minimum absolute atomic E-state index is 0.0419. The summed E-state index contributed by atoms with van der Waals surface area (Å²) < 4.78 is 19.2. The SMILES string of the molecule is CC(C(=O)Nc1cc(Cl)ccc1F)N1CCN(C(=O)C2CCCO2)CC1. The van der Waals surface area contributed by atoms with Crippen molar-refractivity contribution in [1.29, 1.82) is 0 Å². The molecule has 0 radical (unpaired) electrons. The van der Waals surface area contributed by atoms with Crippen LogP contribution in [-0.2, 0) is 14.3 Å². The third-order valence-corrected chi connectivity index (χ3v) is 5.18. The highest BCUT2D eigenvalue weighted by atomic mass is 35.5. The maximum atomic E-state index is 13.8. The van der Waals surface area contributed by atoms with Gasteiger partial charge in [0.05, 0.1) is 11.7 Å². The predicted molar refractivity (Wildman–Crippen MR) is 96.6 cm³/mol. The average Bonchev–Trinajstić information content (AvgIpc) is 3.18. The van der Waals surface area contributed by atoms with Gasteiger partial charge in [0.15, 0.2) is 0 Å². The maximum absolute atomic E-state index is 13.8. The molecule has 142 valence electrons. The molecule has 2 amide bonds. The summed E-state index contributed by atoms with van der Waals surface area (Å²) >= 11 is 5.85. The lowest BCUT2D eigenvalue weighted by molar-refractivity contribution is -0.143. The van der Waals surface area contributed by atoms with Crippen LogP contribution in [0.2, 0.25) is 5.02 Å². The molecule has 6 nitrogen and oxygen atoms in total. The first-order valence-electron chi connectivity index (χ1n) is 8.86. The first-order chi connectivity index (χ1) is 12.5. The van der Waals surface area contributed by atoms with E-state index in [2.05, 4.69) is 5.32 Å². The minimum Gasteiger partial charge on any atom is -0.368 e. The summed E-state index contributed by atoms with van der Waals surface area (Å²) in [5.41, 5.74) is 0.0709. The van der Waals surface area contributed by atoms with Crippen LogP contribution in [0.1, 0.15) is 19.8 Å². The standard InChI is InChI=1S/C18H23ClFN3O3/c1-12(17(24)21-15-11-13(19)4-5-14(15)20)22-6-8-23(9-7-22)18(25)16-3-2-10-26-16/h4-5,11-12,16H,2-3,6-10H2,1H3,(H,21,24). The van der Waals surface area contributed by atoms with E-state index in [-0.39, 0.29) is 23.6 Å². The number of benzene rings is 1. The highest BCUT2D eigenvalue weighted by Gasteiger charge is 2.32. The van der Waals surface area contributed by atoms with Crippen LogP contribution >= 0.6 is 11.6 Å². The molecule has 1 N–H and O–H groups in total. The fourth-order valence-electron chi connectivity index (χ4n) is 3.30. The summed E-state index contributed by atoms with van der Waals surface area (Å²) in [6.07, 6.45) is 1.39. The molecule has 2 unspecified atom stereocenters. The molecule has 1 aromatic rings. The van der Waals surface area contributed by atoms with Crippen molar-refractivity contribution >= 4 is 29.1 Å². The lowest BCUT2D eigenvalue weighted by atomic mass is 10.1. The summed E-state index contributed by atoms with van der Waals surface area (Å²) in [6, 6.07) is 3.60. The van der Waals surface area contributed by atoms with Crippen LogP contribution in [0.3, 0.4) is 0 Å². The van der Waals surface area contributed by atoms with Crippen LogP contribution in [0.15, 0.2) is 18.2 Å². The number of rotatable bonds is 4. The first-order valence-corrected chi connectivity index (χ1v) is 9.24. The molecule has 2 aliphatic heterocycles. The number of piperazine rings is 1. The van der Waals surface area contributed by atoms with E-state index >= 15 is 0 Å². The Balaban J connectivity index is 1.52. The van der Waals surface area contributed by atoms with Gasteiger partial charge in [0.2, 0.25) is 5.91 Å². The summed E-state index contributed by atoms with van der Waals surface area (Å²) in [5.74, 6) is -0.785. The Labute approximate surface area is 157 Å². The van der Waals surface area contributed by atoms with Crippen molar-refractivity contribution in [1.82, 2.24) is 9.80 Å². The van der Waals surface area contributed by atoms with Crippen molar-refractivity contribution in [3.8, 4) is 0 Å². The largest absolute Gasteiger partial charge is 0.368 e.